The Balaban J connectivity index is 1.64. The van der Waals surface area contributed by atoms with E-state index in [4.69, 9.17) is 27.9 Å². The van der Waals surface area contributed by atoms with Crippen LogP contribution < -0.4 is 15.4 Å². The van der Waals surface area contributed by atoms with Crippen LogP contribution in [0.5, 0.6) is 5.75 Å². The van der Waals surface area contributed by atoms with Gasteiger partial charge < -0.3 is 10.1 Å². The molecule has 132 valence electrons. The van der Waals surface area contributed by atoms with Gasteiger partial charge in [0.25, 0.3) is 0 Å². The fourth-order valence-corrected chi connectivity index (χ4v) is 2.96. The summed E-state index contributed by atoms with van der Waals surface area (Å²) >= 11 is 11.9. The number of urea groups is 1. The fourth-order valence-electron chi connectivity index (χ4n) is 2.51. The average Bonchev–Trinajstić information content (AvgIpc) is 3.31. The number of benzene rings is 1. The molecule has 2 N–H and O–H groups in total. The molecule has 1 saturated carbocycles. The van der Waals surface area contributed by atoms with Crippen molar-refractivity contribution in [3.05, 3.63) is 46.0 Å². The van der Waals surface area contributed by atoms with Crippen LogP contribution in [0.3, 0.4) is 0 Å². The van der Waals surface area contributed by atoms with Crippen molar-refractivity contribution in [2.24, 2.45) is 0 Å². The van der Waals surface area contributed by atoms with Gasteiger partial charge in [0, 0.05) is 17.5 Å². The molecule has 25 heavy (non-hydrogen) atoms. The molecule has 2 aromatic rings. The van der Waals surface area contributed by atoms with Crippen molar-refractivity contribution in [1.82, 2.24) is 15.3 Å². The van der Waals surface area contributed by atoms with Crippen LogP contribution in [0.25, 0.3) is 0 Å². The number of hydrogen-bond acceptors (Lipinski definition) is 4. The minimum absolute atomic E-state index is 0.127. The molecule has 1 heterocycles. The van der Waals surface area contributed by atoms with Crippen molar-refractivity contribution in [2.45, 2.75) is 25.3 Å². The summed E-state index contributed by atoms with van der Waals surface area (Å²) in [6, 6.07) is 2.12. The molecule has 1 aliphatic rings. The van der Waals surface area contributed by atoms with Crippen molar-refractivity contribution >= 4 is 35.2 Å². The first-order valence-electron chi connectivity index (χ1n) is 7.65. The molecule has 0 bridgehead atoms. The van der Waals surface area contributed by atoms with E-state index in [9.17, 15) is 9.18 Å². The van der Waals surface area contributed by atoms with Crippen LogP contribution in [-0.4, -0.2) is 28.6 Å². The molecule has 0 spiro atoms. The van der Waals surface area contributed by atoms with Crippen LogP contribution in [0.4, 0.5) is 15.1 Å². The summed E-state index contributed by atoms with van der Waals surface area (Å²) in [5.41, 5.74) is 0.362. The number of hydrogen-bond donors (Lipinski definition) is 2. The lowest BCUT2D eigenvalue weighted by Gasteiger charge is -2.11. The number of carbonyl (C=O) groups excluding carboxylic acids is 1. The number of ether oxygens (including phenoxy) is 1. The molecule has 3 rings (SSSR count). The summed E-state index contributed by atoms with van der Waals surface area (Å²) in [5.74, 6) is -0.0547. The third kappa shape index (κ3) is 4.11. The number of anilines is 1. The Kier molecular flexibility index (Phi) is 5.24. The largest absolute Gasteiger partial charge is 0.492 e. The van der Waals surface area contributed by atoms with Gasteiger partial charge in [-0.1, -0.05) is 23.2 Å². The van der Waals surface area contributed by atoms with Gasteiger partial charge in [0.2, 0.25) is 5.95 Å². The van der Waals surface area contributed by atoms with E-state index in [0.717, 1.165) is 0 Å². The highest BCUT2D eigenvalue weighted by atomic mass is 35.5. The predicted molar refractivity (Wildman–Crippen MR) is 92.9 cm³/mol. The lowest BCUT2D eigenvalue weighted by Crippen LogP contribution is -2.32. The molecule has 0 radical (unpaired) electrons. The SMILES string of the molecule is CCOc1ccc(F)c([C@H]2C[C@H]2NC(=O)Nc2ncc(Cl)cn2)c1Cl. The molecule has 0 aliphatic heterocycles. The second-order valence-electron chi connectivity index (χ2n) is 5.48. The van der Waals surface area contributed by atoms with Crippen LogP contribution in [0.2, 0.25) is 10.0 Å². The maximum atomic E-state index is 14.2. The van der Waals surface area contributed by atoms with Gasteiger partial charge in [0.15, 0.2) is 0 Å². The zero-order chi connectivity index (χ0) is 18.0. The zero-order valence-electron chi connectivity index (χ0n) is 13.2. The van der Waals surface area contributed by atoms with E-state index in [0.29, 0.717) is 29.4 Å². The van der Waals surface area contributed by atoms with Gasteiger partial charge in [0.05, 0.1) is 29.0 Å². The highest BCUT2D eigenvalue weighted by Crippen LogP contribution is 2.47. The molecule has 9 heteroatoms. The Morgan fingerprint density at radius 2 is 2.08 bits per heavy atom. The van der Waals surface area contributed by atoms with Crippen molar-refractivity contribution in [2.75, 3.05) is 11.9 Å². The summed E-state index contributed by atoms with van der Waals surface area (Å²) in [6.45, 7) is 2.25. The molecule has 6 nitrogen and oxygen atoms in total. The number of rotatable bonds is 5. The molecule has 0 saturated heterocycles. The maximum Gasteiger partial charge on any atom is 0.321 e. The summed E-state index contributed by atoms with van der Waals surface area (Å²) in [5, 5.41) is 5.85. The molecular weight excluding hydrogens is 370 g/mol. The molecule has 1 aliphatic carbocycles. The highest BCUT2D eigenvalue weighted by Gasteiger charge is 2.43. The number of nitrogens with zero attached hydrogens (tertiary/aromatic N) is 2. The van der Waals surface area contributed by atoms with Crippen LogP contribution in [0.15, 0.2) is 24.5 Å². The maximum absolute atomic E-state index is 14.2. The van der Waals surface area contributed by atoms with E-state index in [2.05, 4.69) is 20.6 Å². The first-order chi connectivity index (χ1) is 12.0. The minimum Gasteiger partial charge on any atom is -0.492 e. The quantitative estimate of drug-likeness (QED) is 0.816. The standard InChI is InChI=1S/C16H15Cl2FN4O2/c1-2-25-12-4-3-10(19)13(14(12)18)9-5-11(9)22-16(24)23-15-20-6-8(17)7-21-15/h3-4,6-7,9,11H,2,5H2,1H3,(H2,20,21,22,23,24)/t9-,11+/m0/s1. The van der Waals surface area contributed by atoms with Crippen LogP contribution in [0, 0.1) is 5.82 Å². The average molecular weight is 385 g/mol. The molecule has 0 unspecified atom stereocenters. The Morgan fingerprint density at radius 1 is 1.36 bits per heavy atom. The lowest BCUT2D eigenvalue weighted by atomic mass is 10.1. The van der Waals surface area contributed by atoms with E-state index in [1.165, 1.54) is 24.5 Å². The third-order valence-electron chi connectivity index (χ3n) is 3.71. The lowest BCUT2D eigenvalue weighted by molar-refractivity contribution is 0.251. The van der Waals surface area contributed by atoms with Crippen LogP contribution in [0.1, 0.15) is 24.8 Å². The van der Waals surface area contributed by atoms with Gasteiger partial charge in [0.1, 0.15) is 11.6 Å². The molecule has 1 aromatic carbocycles. The van der Waals surface area contributed by atoms with Crippen molar-refractivity contribution in [3.8, 4) is 5.75 Å². The second kappa shape index (κ2) is 7.41. The van der Waals surface area contributed by atoms with Crippen LogP contribution in [-0.2, 0) is 0 Å². The second-order valence-corrected chi connectivity index (χ2v) is 6.29. The smallest absolute Gasteiger partial charge is 0.321 e. The summed E-state index contributed by atoms with van der Waals surface area (Å²) < 4.78 is 19.5. The predicted octanol–water partition coefficient (Wildman–Crippen LogP) is 4.00. The van der Waals surface area contributed by atoms with Crippen LogP contribution >= 0.6 is 23.2 Å². The normalized spacial score (nSPS) is 18.6. The number of nitrogens with one attached hydrogen (secondary N) is 2. The Morgan fingerprint density at radius 3 is 2.76 bits per heavy atom. The molecule has 2 amide bonds. The minimum atomic E-state index is -0.479. The van der Waals surface area contributed by atoms with Gasteiger partial charge in [-0.25, -0.2) is 19.2 Å². The van der Waals surface area contributed by atoms with E-state index < -0.39 is 11.8 Å². The van der Waals surface area contributed by atoms with E-state index in [-0.39, 0.29) is 22.9 Å². The summed E-state index contributed by atoms with van der Waals surface area (Å²) in [7, 11) is 0. The Hall–Kier alpha value is -2.12. The summed E-state index contributed by atoms with van der Waals surface area (Å²) in [4.78, 5) is 19.7. The van der Waals surface area contributed by atoms with Gasteiger partial charge in [-0.15, -0.1) is 0 Å². The number of aromatic nitrogens is 2. The number of halogens is 3. The van der Waals surface area contributed by atoms with Crippen molar-refractivity contribution in [3.63, 3.8) is 0 Å². The first kappa shape index (κ1) is 17.7. The molecular formula is C16H15Cl2FN4O2. The Bertz CT molecular complexity index is 788. The first-order valence-corrected chi connectivity index (χ1v) is 8.41. The monoisotopic (exact) mass is 384 g/mol. The topological polar surface area (TPSA) is 76.1 Å². The van der Waals surface area contributed by atoms with Gasteiger partial charge in [-0.2, -0.15) is 0 Å². The molecule has 1 aromatic heterocycles. The van der Waals surface area contributed by atoms with Crippen molar-refractivity contribution < 1.29 is 13.9 Å². The van der Waals surface area contributed by atoms with E-state index in [1.54, 1.807) is 0 Å². The third-order valence-corrected chi connectivity index (χ3v) is 4.30. The van der Waals surface area contributed by atoms with Gasteiger partial charge in [-0.05, 0) is 25.5 Å². The molecule has 1 fully saturated rings. The Labute approximate surface area is 153 Å². The van der Waals surface area contributed by atoms with E-state index >= 15 is 0 Å². The highest BCUT2D eigenvalue weighted by molar-refractivity contribution is 6.33. The van der Waals surface area contributed by atoms with Gasteiger partial charge >= 0.3 is 6.03 Å². The number of amides is 2. The van der Waals surface area contributed by atoms with Gasteiger partial charge in [-0.3, -0.25) is 5.32 Å². The molecule has 2 atom stereocenters. The van der Waals surface area contributed by atoms with E-state index in [1.807, 2.05) is 6.92 Å². The fraction of sp³-hybridized carbons (Fsp3) is 0.312. The van der Waals surface area contributed by atoms with Crippen molar-refractivity contribution in [1.29, 1.82) is 0 Å². The number of carbonyl (C=O) groups is 1. The summed E-state index contributed by atoms with van der Waals surface area (Å²) in [6.07, 6.45) is 3.33. The zero-order valence-corrected chi connectivity index (χ0v) is 14.7.